The minimum absolute atomic E-state index is 0.0749. The Hall–Kier alpha value is -1.39. The number of amides is 1. The zero-order valence-electron chi connectivity index (χ0n) is 16.2. The first kappa shape index (κ1) is 19.9. The summed E-state index contributed by atoms with van der Waals surface area (Å²) in [4.78, 5) is 15.0. The molecular weight excluding hydrogens is 312 g/mol. The van der Waals surface area contributed by atoms with E-state index in [1.54, 1.807) is 0 Å². The molecule has 140 valence electrons. The van der Waals surface area contributed by atoms with Gasteiger partial charge in [-0.3, -0.25) is 9.69 Å². The Kier molecular flexibility index (Phi) is 7.45. The maximum atomic E-state index is 12.7. The number of rotatable bonds is 8. The van der Waals surface area contributed by atoms with Crippen molar-refractivity contribution in [2.45, 2.75) is 71.3 Å². The van der Waals surface area contributed by atoms with Crippen molar-refractivity contribution < 1.29 is 9.90 Å². The van der Waals surface area contributed by atoms with E-state index in [4.69, 9.17) is 5.11 Å². The lowest BCUT2D eigenvalue weighted by Crippen LogP contribution is -2.37. The molecule has 2 N–H and O–H groups in total. The van der Waals surface area contributed by atoms with E-state index >= 15 is 0 Å². The van der Waals surface area contributed by atoms with Gasteiger partial charge in [0.1, 0.15) is 0 Å². The number of carbonyl (C=O) groups excluding carboxylic acids is 1. The van der Waals surface area contributed by atoms with Crippen LogP contribution in [-0.4, -0.2) is 41.7 Å². The summed E-state index contributed by atoms with van der Waals surface area (Å²) >= 11 is 0. The van der Waals surface area contributed by atoms with Crippen LogP contribution in [0.25, 0.3) is 0 Å². The van der Waals surface area contributed by atoms with Crippen molar-refractivity contribution in [3.8, 4) is 0 Å². The highest BCUT2D eigenvalue weighted by Crippen LogP contribution is 2.32. The minimum atomic E-state index is 0.0749. The lowest BCUT2D eigenvalue weighted by Gasteiger charge is -2.25. The molecule has 1 heterocycles. The molecule has 0 bridgehead atoms. The molecule has 0 saturated carbocycles. The summed E-state index contributed by atoms with van der Waals surface area (Å²) in [5.41, 5.74) is 3.42. The van der Waals surface area contributed by atoms with Crippen molar-refractivity contribution in [3.63, 3.8) is 0 Å². The number of hydrogen-bond acceptors (Lipinski definition) is 3. The quantitative estimate of drug-likeness (QED) is 0.745. The first-order chi connectivity index (χ1) is 11.9. The van der Waals surface area contributed by atoms with E-state index in [0.717, 1.165) is 37.9 Å². The van der Waals surface area contributed by atoms with Crippen LogP contribution in [0.3, 0.4) is 0 Å². The fraction of sp³-hybridized carbons (Fsp3) is 0.667. The van der Waals surface area contributed by atoms with Gasteiger partial charge in [-0.2, -0.15) is 0 Å². The van der Waals surface area contributed by atoms with E-state index in [1.807, 2.05) is 0 Å². The van der Waals surface area contributed by atoms with Crippen LogP contribution in [-0.2, 0) is 4.79 Å². The second-order valence-corrected chi connectivity index (χ2v) is 7.80. The molecule has 0 aromatic heterocycles. The Morgan fingerprint density at radius 3 is 2.44 bits per heavy atom. The molecule has 4 nitrogen and oxygen atoms in total. The summed E-state index contributed by atoms with van der Waals surface area (Å²) in [5, 5.41) is 12.3. The van der Waals surface area contributed by atoms with Gasteiger partial charge in [-0.25, -0.2) is 0 Å². The van der Waals surface area contributed by atoms with Gasteiger partial charge in [0.25, 0.3) is 0 Å². The van der Waals surface area contributed by atoms with Crippen LogP contribution in [0.2, 0.25) is 0 Å². The molecule has 4 heteroatoms. The first-order valence-electron chi connectivity index (χ1n) is 9.71. The lowest BCUT2D eigenvalue weighted by atomic mass is 9.92. The average Bonchev–Trinajstić information content (AvgIpc) is 2.99. The summed E-state index contributed by atoms with van der Waals surface area (Å²) in [6.45, 7) is 10.3. The molecule has 1 aromatic carbocycles. The normalized spacial score (nSPS) is 18.3. The van der Waals surface area contributed by atoms with Crippen molar-refractivity contribution >= 4 is 11.6 Å². The maximum Gasteiger partial charge on any atom is 0.238 e. The smallest absolute Gasteiger partial charge is 0.238 e. The van der Waals surface area contributed by atoms with E-state index in [2.05, 4.69) is 56.1 Å². The van der Waals surface area contributed by atoms with Gasteiger partial charge in [0.05, 0.1) is 6.54 Å². The van der Waals surface area contributed by atoms with Crippen molar-refractivity contribution in [2.24, 2.45) is 0 Å². The highest BCUT2D eigenvalue weighted by molar-refractivity contribution is 5.94. The SMILES string of the molecule is CC(C)c1cccc(C(C)C)c1NC(=O)CN1CCCC1CCCO. The van der Waals surface area contributed by atoms with Crippen LogP contribution in [0, 0.1) is 0 Å². The fourth-order valence-electron chi connectivity index (χ4n) is 3.82. The van der Waals surface area contributed by atoms with Gasteiger partial charge in [-0.1, -0.05) is 45.9 Å². The van der Waals surface area contributed by atoms with Crippen molar-refractivity contribution in [1.29, 1.82) is 0 Å². The minimum Gasteiger partial charge on any atom is -0.396 e. The van der Waals surface area contributed by atoms with E-state index in [0.29, 0.717) is 24.4 Å². The zero-order chi connectivity index (χ0) is 18.4. The number of aliphatic hydroxyl groups is 1. The summed E-state index contributed by atoms with van der Waals surface area (Å²) in [6.07, 6.45) is 4.07. The molecule has 1 saturated heterocycles. The predicted molar refractivity (Wildman–Crippen MR) is 104 cm³/mol. The van der Waals surface area contributed by atoms with Gasteiger partial charge in [-0.05, 0) is 55.2 Å². The Morgan fingerprint density at radius 2 is 1.88 bits per heavy atom. The van der Waals surface area contributed by atoms with Gasteiger partial charge in [0.2, 0.25) is 5.91 Å². The van der Waals surface area contributed by atoms with Crippen LogP contribution >= 0.6 is 0 Å². The fourth-order valence-corrected chi connectivity index (χ4v) is 3.82. The summed E-state index contributed by atoms with van der Waals surface area (Å²) in [6, 6.07) is 6.76. The Morgan fingerprint density at radius 1 is 1.24 bits per heavy atom. The van der Waals surface area contributed by atoms with Crippen LogP contribution < -0.4 is 5.32 Å². The van der Waals surface area contributed by atoms with Gasteiger partial charge >= 0.3 is 0 Å². The molecule has 1 fully saturated rings. The van der Waals surface area contributed by atoms with Gasteiger partial charge in [0, 0.05) is 18.3 Å². The Labute approximate surface area is 152 Å². The molecule has 25 heavy (non-hydrogen) atoms. The van der Waals surface area contributed by atoms with Crippen molar-refractivity contribution in [1.82, 2.24) is 4.90 Å². The third-order valence-electron chi connectivity index (χ3n) is 5.18. The summed E-state index contributed by atoms with van der Waals surface area (Å²) in [5.74, 6) is 0.821. The molecule has 0 spiro atoms. The number of likely N-dealkylation sites (tertiary alicyclic amines) is 1. The number of hydrogen-bond donors (Lipinski definition) is 2. The van der Waals surface area contributed by atoms with E-state index in [9.17, 15) is 4.79 Å². The second-order valence-electron chi connectivity index (χ2n) is 7.80. The molecule has 1 amide bonds. The van der Waals surface area contributed by atoms with Crippen LogP contribution in [0.15, 0.2) is 18.2 Å². The Balaban J connectivity index is 2.09. The van der Waals surface area contributed by atoms with E-state index in [1.165, 1.54) is 11.1 Å². The number of carbonyl (C=O) groups is 1. The van der Waals surface area contributed by atoms with Crippen molar-refractivity contribution in [3.05, 3.63) is 29.3 Å². The van der Waals surface area contributed by atoms with E-state index in [-0.39, 0.29) is 12.5 Å². The second kappa shape index (κ2) is 9.35. The van der Waals surface area contributed by atoms with Crippen LogP contribution in [0.1, 0.15) is 76.3 Å². The molecule has 1 aliphatic rings. The molecule has 1 atom stereocenters. The van der Waals surface area contributed by atoms with Crippen LogP contribution in [0.4, 0.5) is 5.69 Å². The highest BCUT2D eigenvalue weighted by Gasteiger charge is 2.26. The third kappa shape index (κ3) is 5.29. The molecule has 2 rings (SSSR count). The summed E-state index contributed by atoms with van der Waals surface area (Å²) in [7, 11) is 0. The largest absolute Gasteiger partial charge is 0.396 e. The molecule has 1 unspecified atom stereocenters. The van der Waals surface area contributed by atoms with E-state index < -0.39 is 0 Å². The number of para-hydroxylation sites is 1. The highest BCUT2D eigenvalue weighted by atomic mass is 16.3. The third-order valence-corrected chi connectivity index (χ3v) is 5.18. The lowest BCUT2D eigenvalue weighted by molar-refractivity contribution is -0.117. The standard InChI is InChI=1S/C21H34N2O2/c1-15(2)18-10-5-11-19(16(3)4)21(18)22-20(25)14-23-12-6-8-17(23)9-7-13-24/h5,10-11,15-17,24H,6-9,12-14H2,1-4H3,(H,22,25). The van der Waals surface area contributed by atoms with Gasteiger partial charge in [-0.15, -0.1) is 0 Å². The zero-order valence-corrected chi connectivity index (χ0v) is 16.2. The number of nitrogens with one attached hydrogen (secondary N) is 1. The predicted octanol–water partition coefficient (Wildman–Crippen LogP) is 4.11. The Bertz CT molecular complexity index is 543. The number of benzene rings is 1. The molecular formula is C21H34N2O2. The maximum absolute atomic E-state index is 12.7. The number of nitrogens with zero attached hydrogens (tertiary/aromatic N) is 1. The number of anilines is 1. The molecule has 1 aliphatic heterocycles. The van der Waals surface area contributed by atoms with Crippen LogP contribution in [0.5, 0.6) is 0 Å². The molecule has 0 aliphatic carbocycles. The monoisotopic (exact) mass is 346 g/mol. The average molecular weight is 347 g/mol. The van der Waals surface area contributed by atoms with Gasteiger partial charge < -0.3 is 10.4 Å². The molecule has 1 aromatic rings. The topological polar surface area (TPSA) is 52.6 Å². The van der Waals surface area contributed by atoms with Crippen molar-refractivity contribution in [2.75, 3.05) is 25.0 Å². The van der Waals surface area contributed by atoms with Gasteiger partial charge in [0.15, 0.2) is 0 Å². The summed E-state index contributed by atoms with van der Waals surface area (Å²) < 4.78 is 0. The molecule has 0 radical (unpaired) electrons. The number of aliphatic hydroxyl groups excluding tert-OH is 1. The first-order valence-corrected chi connectivity index (χ1v) is 9.71.